The number of ether oxygens (including phenoxy) is 2. The van der Waals surface area contributed by atoms with Gasteiger partial charge in [0.2, 0.25) is 0 Å². The Balaban J connectivity index is 2.26. The summed E-state index contributed by atoms with van der Waals surface area (Å²) in [5.41, 5.74) is 1.96. The van der Waals surface area contributed by atoms with Crippen LogP contribution in [0.15, 0.2) is 48.0 Å². The number of likely N-dealkylation sites (tertiary alicyclic amines) is 1. The predicted octanol–water partition coefficient (Wildman–Crippen LogP) is 5.22. The van der Waals surface area contributed by atoms with Gasteiger partial charge in [0.05, 0.1) is 30.9 Å². The van der Waals surface area contributed by atoms with Crippen molar-refractivity contribution in [2.24, 2.45) is 0 Å². The van der Waals surface area contributed by atoms with Gasteiger partial charge in [0, 0.05) is 6.54 Å². The molecule has 176 valence electrons. The number of carbonyl (C=O) groups excluding carboxylic acids is 2. The number of ketones is 1. The van der Waals surface area contributed by atoms with Crippen LogP contribution in [-0.2, 0) is 15.0 Å². The molecule has 0 aromatic heterocycles. The van der Waals surface area contributed by atoms with Gasteiger partial charge in [-0.05, 0) is 54.2 Å². The fraction of sp³-hybridized carbons (Fsp3) is 0.407. The zero-order valence-corrected chi connectivity index (χ0v) is 20.3. The normalized spacial score (nSPS) is 18.0. The van der Waals surface area contributed by atoms with Crippen LogP contribution in [0, 0.1) is 0 Å². The summed E-state index contributed by atoms with van der Waals surface area (Å²) in [5, 5.41) is 11.5. The number of nitrogens with zero attached hydrogens (tertiary/aromatic N) is 1. The minimum absolute atomic E-state index is 0.0615. The maximum atomic E-state index is 13.2. The zero-order valence-electron chi connectivity index (χ0n) is 20.3. The first kappa shape index (κ1) is 24.4. The second-order valence-electron chi connectivity index (χ2n) is 9.16. The van der Waals surface area contributed by atoms with Crippen LogP contribution in [0.3, 0.4) is 0 Å². The Kier molecular flexibility index (Phi) is 7.15. The van der Waals surface area contributed by atoms with E-state index in [1.54, 1.807) is 6.07 Å². The topological polar surface area (TPSA) is 76.1 Å². The van der Waals surface area contributed by atoms with Gasteiger partial charge in [0.25, 0.3) is 11.7 Å². The summed E-state index contributed by atoms with van der Waals surface area (Å²) < 4.78 is 11.1. The maximum absolute atomic E-state index is 13.2. The molecule has 1 heterocycles. The Labute approximate surface area is 195 Å². The summed E-state index contributed by atoms with van der Waals surface area (Å²) in [6, 6.07) is 12.2. The fourth-order valence-electron chi connectivity index (χ4n) is 4.14. The maximum Gasteiger partial charge on any atom is 0.295 e. The first-order valence-corrected chi connectivity index (χ1v) is 11.3. The van der Waals surface area contributed by atoms with Crippen LogP contribution in [0.1, 0.15) is 63.8 Å². The zero-order chi connectivity index (χ0) is 24.3. The van der Waals surface area contributed by atoms with Crippen LogP contribution in [-0.4, -0.2) is 42.0 Å². The van der Waals surface area contributed by atoms with E-state index in [9.17, 15) is 14.7 Å². The highest BCUT2D eigenvalue weighted by Crippen LogP contribution is 2.42. The molecule has 2 aromatic rings. The Morgan fingerprint density at radius 2 is 1.82 bits per heavy atom. The lowest BCUT2D eigenvalue weighted by Gasteiger charge is -2.26. The summed E-state index contributed by atoms with van der Waals surface area (Å²) in [7, 11) is 1.52. The van der Waals surface area contributed by atoms with Gasteiger partial charge in [0.15, 0.2) is 0 Å². The van der Waals surface area contributed by atoms with E-state index < -0.39 is 17.7 Å². The minimum Gasteiger partial charge on any atom is -0.507 e. The molecule has 3 rings (SSSR count). The Hall–Kier alpha value is -3.28. The van der Waals surface area contributed by atoms with Crippen LogP contribution >= 0.6 is 0 Å². The molecule has 0 spiro atoms. The number of amides is 1. The summed E-state index contributed by atoms with van der Waals surface area (Å²) in [6.45, 7) is 10.9. The number of hydrogen-bond acceptors (Lipinski definition) is 5. The monoisotopic (exact) mass is 451 g/mol. The Morgan fingerprint density at radius 1 is 1.09 bits per heavy atom. The molecule has 6 nitrogen and oxygen atoms in total. The number of benzene rings is 2. The lowest BCUT2D eigenvalue weighted by molar-refractivity contribution is -0.139. The van der Waals surface area contributed by atoms with Gasteiger partial charge in [-0.2, -0.15) is 0 Å². The second-order valence-corrected chi connectivity index (χ2v) is 9.16. The lowest BCUT2D eigenvalue weighted by atomic mass is 9.85. The predicted molar refractivity (Wildman–Crippen MR) is 129 cm³/mol. The first-order valence-electron chi connectivity index (χ1n) is 11.3. The van der Waals surface area contributed by atoms with Crippen LogP contribution < -0.4 is 9.47 Å². The molecule has 0 aliphatic carbocycles. The van der Waals surface area contributed by atoms with Crippen LogP contribution in [0.4, 0.5) is 0 Å². The fourth-order valence-corrected chi connectivity index (χ4v) is 4.14. The highest BCUT2D eigenvalue weighted by Gasteiger charge is 2.46. The Morgan fingerprint density at radius 3 is 2.42 bits per heavy atom. The van der Waals surface area contributed by atoms with E-state index in [2.05, 4.69) is 20.8 Å². The van der Waals surface area contributed by atoms with Crippen molar-refractivity contribution in [2.45, 2.75) is 52.5 Å². The molecular formula is C27H33NO5. The molecule has 1 fully saturated rings. The number of aliphatic hydroxyl groups excluding tert-OH is 1. The van der Waals surface area contributed by atoms with Gasteiger partial charge in [0.1, 0.15) is 17.3 Å². The average molecular weight is 452 g/mol. The number of carbonyl (C=O) groups is 2. The molecule has 1 N–H and O–H groups in total. The third kappa shape index (κ3) is 4.75. The average Bonchev–Trinajstić information content (AvgIpc) is 3.03. The Bertz CT molecular complexity index is 1080. The standard InChI is InChI=1S/C27H33NO5/c1-7-14-28-23(17-10-9-11-19(15-17)33-8-2)22(25(30)26(28)31)24(29)20-16-18(27(3,4)5)12-13-21(20)32-6/h9-13,15-16,23,29H,7-8,14H2,1-6H3/b24-22+. The number of aliphatic hydroxyl groups is 1. The summed E-state index contributed by atoms with van der Waals surface area (Å²) in [4.78, 5) is 27.7. The smallest absolute Gasteiger partial charge is 0.295 e. The van der Waals surface area contributed by atoms with Crippen LogP contribution in [0.2, 0.25) is 0 Å². The molecule has 1 amide bonds. The van der Waals surface area contributed by atoms with Gasteiger partial charge in [-0.15, -0.1) is 0 Å². The molecule has 1 atom stereocenters. The van der Waals surface area contributed by atoms with E-state index in [4.69, 9.17) is 9.47 Å². The molecule has 1 unspecified atom stereocenters. The lowest BCUT2D eigenvalue weighted by Crippen LogP contribution is -2.30. The van der Waals surface area contributed by atoms with Crippen molar-refractivity contribution in [3.05, 3.63) is 64.7 Å². The van der Waals surface area contributed by atoms with E-state index in [-0.39, 0.29) is 16.7 Å². The van der Waals surface area contributed by atoms with E-state index in [0.29, 0.717) is 42.2 Å². The number of hydrogen-bond donors (Lipinski definition) is 1. The summed E-state index contributed by atoms with van der Waals surface area (Å²) >= 11 is 0. The van der Waals surface area contributed by atoms with Crippen LogP contribution in [0.25, 0.3) is 5.76 Å². The molecule has 1 saturated heterocycles. The van der Waals surface area contributed by atoms with Crippen molar-refractivity contribution < 1.29 is 24.2 Å². The van der Waals surface area contributed by atoms with Gasteiger partial charge in [-0.3, -0.25) is 9.59 Å². The number of Topliss-reactive ketones (excluding diaryl/α,β-unsaturated/α-hetero) is 1. The third-order valence-corrected chi connectivity index (χ3v) is 5.81. The van der Waals surface area contributed by atoms with E-state index >= 15 is 0 Å². The highest BCUT2D eigenvalue weighted by molar-refractivity contribution is 6.46. The van der Waals surface area contributed by atoms with Crippen molar-refractivity contribution >= 4 is 17.4 Å². The molecule has 1 aliphatic heterocycles. The molecule has 0 bridgehead atoms. The number of rotatable bonds is 7. The van der Waals surface area contributed by atoms with Crippen molar-refractivity contribution in [1.29, 1.82) is 0 Å². The molecule has 0 saturated carbocycles. The molecule has 1 aliphatic rings. The molecule has 33 heavy (non-hydrogen) atoms. The van der Waals surface area contributed by atoms with Gasteiger partial charge in [-0.1, -0.05) is 45.9 Å². The van der Waals surface area contributed by atoms with E-state index in [1.165, 1.54) is 12.0 Å². The third-order valence-electron chi connectivity index (χ3n) is 5.81. The molecule has 2 aromatic carbocycles. The second kappa shape index (κ2) is 9.69. The van der Waals surface area contributed by atoms with E-state index in [0.717, 1.165) is 5.56 Å². The van der Waals surface area contributed by atoms with Crippen molar-refractivity contribution in [1.82, 2.24) is 4.90 Å². The largest absolute Gasteiger partial charge is 0.507 e. The number of methoxy groups -OCH3 is 1. The van der Waals surface area contributed by atoms with Crippen molar-refractivity contribution in [3.63, 3.8) is 0 Å². The van der Waals surface area contributed by atoms with Gasteiger partial charge in [-0.25, -0.2) is 0 Å². The van der Waals surface area contributed by atoms with E-state index in [1.807, 2.05) is 50.2 Å². The van der Waals surface area contributed by atoms with Crippen molar-refractivity contribution in [3.8, 4) is 11.5 Å². The van der Waals surface area contributed by atoms with Crippen LogP contribution in [0.5, 0.6) is 11.5 Å². The molecule has 0 radical (unpaired) electrons. The van der Waals surface area contributed by atoms with Crippen molar-refractivity contribution in [2.75, 3.05) is 20.3 Å². The van der Waals surface area contributed by atoms with Gasteiger partial charge >= 0.3 is 0 Å². The van der Waals surface area contributed by atoms with Gasteiger partial charge < -0.3 is 19.5 Å². The summed E-state index contributed by atoms with van der Waals surface area (Å²) in [5.74, 6) is -0.470. The highest BCUT2D eigenvalue weighted by atomic mass is 16.5. The quantitative estimate of drug-likeness (QED) is 0.355. The molecule has 6 heteroatoms. The first-order chi connectivity index (χ1) is 15.6. The SMILES string of the molecule is CCCN1C(=O)C(=O)/C(=C(/O)c2cc(C(C)(C)C)ccc2OC)C1c1cccc(OCC)c1. The summed E-state index contributed by atoms with van der Waals surface area (Å²) in [6.07, 6.45) is 0.678. The minimum atomic E-state index is -0.714. The molecular weight excluding hydrogens is 418 g/mol.